The van der Waals surface area contributed by atoms with Gasteiger partial charge in [-0.2, -0.15) is 0 Å². The first kappa shape index (κ1) is 17.7. The van der Waals surface area contributed by atoms with Crippen molar-refractivity contribution in [3.05, 3.63) is 66.1 Å². The molecular formula is C22H24FN3O. The fourth-order valence-electron chi connectivity index (χ4n) is 3.80. The molecule has 0 saturated carbocycles. The molecule has 0 unspecified atom stereocenters. The van der Waals surface area contributed by atoms with E-state index < -0.39 is 0 Å². The molecule has 0 radical (unpaired) electrons. The highest BCUT2D eigenvalue weighted by Gasteiger charge is 2.19. The van der Waals surface area contributed by atoms with Gasteiger partial charge in [0.25, 0.3) is 0 Å². The molecule has 4 nitrogen and oxygen atoms in total. The van der Waals surface area contributed by atoms with Crippen molar-refractivity contribution in [2.75, 3.05) is 37.6 Å². The number of anilines is 1. The van der Waals surface area contributed by atoms with Gasteiger partial charge in [0.05, 0.1) is 0 Å². The first-order chi connectivity index (χ1) is 13.2. The maximum atomic E-state index is 12.9. The molecule has 0 amide bonds. The predicted octanol–water partition coefficient (Wildman–Crippen LogP) is 4.09. The van der Waals surface area contributed by atoms with Crippen molar-refractivity contribution in [3.8, 4) is 0 Å². The summed E-state index contributed by atoms with van der Waals surface area (Å²) in [5, 5.41) is 1.27. The molecule has 0 spiro atoms. The number of H-pyrrole nitrogens is 1. The van der Waals surface area contributed by atoms with Gasteiger partial charge in [0, 0.05) is 61.0 Å². The molecule has 27 heavy (non-hydrogen) atoms. The molecule has 4 rings (SSSR count). The van der Waals surface area contributed by atoms with E-state index in [1.54, 1.807) is 12.1 Å². The Hall–Kier alpha value is -2.66. The molecule has 2 heterocycles. The number of aromatic nitrogens is 1. The molecule has 0 aliphatic carbocycles. The van der Waals surface area contributed by atoms with Crippen LogP contribution in [0.15, 0.2) is 54.7 Å². The number of carbonyl (C=O) groups excluding carboxylic acids is 1. The van der Waals surface area contributed by atoms with Gasteiger partial charge in [-0.25, -0.2) is 4.39 Å². The molecule has 1 N–H and O–H groups in total. The van der Waals surface area contributed by atoms with Crippen LogP contribution < -0.4 is 4.90 Å². The SMILES string of the molecule is O=C(CCCN1CCN(c2cccc3[nH]ccc23)CC1)c1ccc(F)cc1. The number of halogens is 1. The summed E-state index contributed by atoms with van der Waals surface area (Å²) in [6, 6.07) is 14.4. The number of nitrogens with zero attached hydrogens (tertiary/aromatic N) is 2. The molecular weight excluding hydrogens is 341 g/mol. The van der Waals surface area contributed by atoms with E-state index in [-0.39, 0.29) is 11.6 Å². The number of hydrogen-bond acceptors (Lipinski definition) is 3. The van der Waals surface area contributed by atoms with Crippen molar-refractivity contribution >= 4 is 22.4 Å². The zero-order valence-corrected chi connectivity index (χ0v) is 15.3. The summed E-state index contributed by atoms with van der Waals surface area (Å²) in [6.07, 6.45) is 3.33. The lowest BCUT2D eigenvalue weighted by Crippen LogP contribution is -2.46. The van der Waals surface area contributed by atoms with Crippen LogP contribution in [0.4, 0.5) is 10.1 Å². The minimum Gasteiger partial charge on any atom is -0.368 e. The van der Waals surface area contributed by atoms with E-state index in [1.807, 2.05) is 6.20 Å². The molecule has 2 aromatic carbocycles. The van der Waals surface area contributed by atoms with Crippen LogP contribution in [0.3, 0.4) is 0 Å². The Bertz CT molecular complexity index is 911. The van der Waals surface area contributed by atoms with E-state index in [2.05, 4.69) is 39.0 Å². The predicted molar refractivity (Wildman–Crippen MR) is 107 cm³/mol. The summed E-state index contributed by atoms with van der Waals surface area (Å²) >= 11 is 0. The topological polar surface area (TPSA) is 39.3 Å². The van der Waals surface area contributed by atoms with Crippen molar-refractivity contribution in [2.24, 2.45) is 0 Å². The number of piperazine rings is 1. The normalized spacial score (nSPS) is 15.4. The summed E-state index contributed by atoms with van der Waals surface area (Å²) in [5.41, 5.74) is 3.06. The van der Waals surface area contributed by atoms with E-state index in [4.69, 9.17) is 0 Å². The number of nitrogens with one attached hydrogen (secondary N) is 1. The van der Waals surface area contributed by atoms with E-state index in [1.165, 1.54) is 28.7 Å². The van der Waals surface area contributed by atoms with Gasteiger partial charge in [-0.15, -0.1) is 0 Å². The van der Waals surface area contributed by atoms with Gasteiger partial charge >= 0.3 is 0 Å². The lowest BCUT2D eigenvalue weighted by molar-refractivity contribution is 0.0974. The summed E-state index contributed by atoms with van der Waals surface area (Å²) < 4.78 is 12.9. The van der Waals surface area contributed by atoms with Crippen molar-refractivity contribution in [2.45, 2.75) is 12.8 Å². The van der Waals surface area contributed by atoms with E-state index >= 15 is 0 Å². The number of benzene rings is 2. The summed E-state index contributed by atoms with van der Waals surface area (Å²) in [5.74, 6) is -0.215. The fraction of sp³-hybridized carbons (Fsp3) is 0.318. The standard InChI is InChI=1S/C22H24FN3O/c23-18-8-6-17(7-9-18)22(27)5-2-12-25-13-15-26(16-14-25)21-4-1-3-20-19(21)10-11-24-20/h1,3-4,6-11,24H,2,5,12-16H2. The Morgan fingerprint density at radius 2 is 1.78 bits per heavy atom. The van der Waals surface area contributed by atoms with Crippen LogP contribution >= 0.6 is 0 Å². The van der Waals surface area contributed by atoms with Crippen LogP contribution in [0.2, 0.25) is 0 Å². The third kappa shape index (κ3) is 4.03. The van der Waals surface area contributed by atoms with Gasteiger partial charge < -0.3 is 9.88 Å². The largest absolute Gasteiger partial charge is 0.368 e. The van der Waals surface area contributed by atoms with Crippen LogP contribution in [-0.2, 0) is 0 Å². The second-order valence-electron chi connectivity index (χ2n) is 7.08. The Balaban J connectivity index is 1.26. The molecule has 0 bridgehead atoms. The lowest BCUT2D eigenvalue weighted by atomic mass is 10.1. The van der Waals surface area contributed by atoms with E-state index in [0.717, 1.165) is 39.1 Å². The molecule has 5 heteroatoms. The molecule has 1 aliphatic rings. The second-order valence-corrected chi connectivity index (χ2v) is 7.08. The smallest absolute Gasteiger partial charge is 0.162 e. The summed E-state index contributed by atoms with van der Waals surface area (Å²) in [4.78, 5) is 20.3. The van der Waals surface area contributed by atoms with Crippen molar-refractivity contribution in [1.29, 1.82) is 0 Å². The van der Waals surface area contributed by atoms with Crippen LogP contribution in [0.5, 0.6) is 0 Å². The van der Waals surface area contributed by atoms with Crippen LogP contribution in [0.1, 0.15) is 23.2 Å². The number of fused-ring (bicyclic) bond motifs is 1. The minimum absolute atomic E-state index is 0.0905. The molecule has 140 valence electrons. The van der Waals surface area contributed by atoms with Crippen LogP contribution in [0, 0.1) is 5.82 Å². The second kappa shape index (κ2) is 7.92. The van der Waals surface area contributed by atoms with Crippen LogP contribution in [-0.4, -0.2) is 48.4 Å². The quantitative estimate of drug-likeness (QED) is 0.669. The minimum atomic E-state index is -0.306. The fourth-order valence-corrected chi connectivity index (χ4v) is 3.80. The molecule has 1 fully saturated rings. The third-order valence-electron chi connectivity index (χ3n) is 5.33. The number of carbonyl (C=O) groups is 1. The van der Waals surface area contributed by atoms with Gasteiger partial charge in [-0.3, -0.25) is 9.69 Å². The average Bonchev–Trinajstić information content (AvgIpc) is 3.18. The van der Waals surface area contributed by atoms with E-state index in [0.29, 0.717) is 12.0 Å². The zero-order valence-electron chi connectivity index (χ0n) is 15.3. The first-order valence-corrected chi connectivity index (χ1v) is 9.53. The average molecular weight is 365 g/mol. The Kier molecular flexibility index (Phi) is 5.21. The maximum Gasteiger partial charge on any atom is 0.162 e. The highest BCUT2D eigenvalue weighted by molar-refractivity contribution is 5.96. The van der Waals surface area contributed by atoms with Crippen LogP contribution in [0.25, 0.3) is 10.9 Å². The Morgan fingerprint density at radius 1 is 1.00 bits per heavy atom. The highest BCUT2D eigenvalue weighted by atomic mass is 19.1. The zero-order chi connectivity index (χ0) is 18.6. The van der Waals surface area contributed by atoms with Gasteiger partial charge in [-0.1, -0.05) is 6.07 Å². The molecule has 3 aromatic rings. The number of Topliss-reactive ketones (excluding diaryl/α,β-unsaturated/α-hetero) is 1. The van der Waals surface area contributed by atoms with Crippen molar-refractivity contribution < 1.29 is 9.18 Å². The van der Waals surface area contributed by atoms with Gasteiger partial charge in [0.2, 0.25) is 0 Å². The molecule has 1 aromatic heterocycles. The number of rotatable bonds is 6. The van der Waals surface area contributed by atoms with Crippen molar-refractivity contribution in [3.63, 3.8) is 0 Å². The summed E-state index contributed by atoms with van der Waals surface area (Å²) in [6.45, 7) is 4.93. The summed E-state index contributed by atoms with van der Waals surface area (Å²) in [7, 11) is 0. The lowest BCUT2D eigenvalue weighted by Gasteiger charge is -2.36. The number of ketones is 1. The number of hydrogen-bond donors (Lipinski definition) is 1. The van der Waals surface area contributed by atoms with Gasteiger partial charge in [-0.05, 0) is 55.4 Å². The van der Waals surface area contributed by atoms with Gasteiger partial charge in [0.1, 0.15) is 5.82 Å². The molecule has 1 saturated heterocycles. The maximum absolute atomic E-state index is 12.9. The number of aromatic amines is 1. The van der Waals surface area contributed by atoms with Gasteiger partial charge in [0.15, 0.2) is 5.78 Å². The Morgan fingerprint density at radius 3 is 2.56 bits per heavy atom. The van der Waals surface area contributed by atoms with Crippen molar-refractivity contribution in [1.82, 2.24) is 9.88 Å². The Labute approximate surface area is 158 Å². The molecule has 1 aliphatic heterocycles. The molecule has 0 atom stereocenters. The third-order valence-corrected chi connectivity index (χ3v) is 5.33. The first-order valence-electron chi connectivity index (χ1n) is 9.53. The highest BCUT2D eigenvalue weighted by Crippen LogP contribution is 2.27. The van der Waals surface area contributed by atoms with E-state index in [9.17, 15) is 9.18 Å². The monoisotopic (exact) mass is 365 g/mol.